The quantitative estimate of drug-likeness (QED) is 0.919. The summed E-state index contributed by atoms with van der Waals surface area (Å²) in [6.45, 7) is 3.87. The summed E-state index contributed by atoms with van der Waals surface area (Å²) in [6, 6.07) is 7.63. The maximum atomic E-state index is 11.4. The van der Waals surface area contributed by atoms with Crippen molar-refractivity contribution in [3.63, 3.8) is 0 Å². The summed E-state index contributed by atoms with van der Waals surface area (Å²) in [6.07, 6.45) is 0.449. The molecule has 0 fully saturated rings. The molecular formula is C14H15NO2S. The van der Waals surface area contributed by atoms with Gasteiger partial charge in [0.1, 0.15) is 0 Å². The summed E-state index contributed by atoms with van der Waals surface area (Å²) in [5.41, 5.74) is 2.74. The fourth-order valence-corrected chi connectivity index (χ4v) is 2.64. The van der Waals surface area contributed by atoms with E-state index < -0.39 is 11.9 Å². The number of carboxylic acid groups (broad SMARTS) is 1. The van der Waals surface area contributed by atoms with Gasteiger partial charge in [-0.2, -0.15) is 0 Å². The predicted octanol–water partition coefficient (Wildman–Crippen LogP) is 3.17. The van der Waals surface area contributed by atoms with Gasteiger partial charge in [0.25, 0.3) is 0 Å². The Labute approximate surface area is 110 Å². The van der Waals surface area contributed by atoms with Crippen LogP contribution in [0, 0.1) is 13.8 Å². The van der Waals surface area contributed by atoms with E-state index in [0.29, 0.717) is 6.42 Å². The van der Waals surface area contributed by atoms with E-state index in [2.05, 4.69) is 4.98 Å². The van der Waals surface area contributed by atoms with Crippen LogP contribution in [0.25, 0.3) is 0 Å². The van der Waals surface area contributed by atoms with Crippen molar-refractivity contribution in [1.82, 2.24) is 4.98 Å². The molecule has 4 heteroatoms. The number of carboxylic acids is 1. The lowest BCUT2D eigenvalue weighted by molar-refractivity contribution is -0.138. The molecule has 1 atom stereocenters. The number of thiazole rings is 1. The van der Waals surface area contributed by atoms with Crippen molar-refractivity contribution in [2.24, 2.45) is 0 Å². The highest BCUT2D eigenvalue weighted by Crippen LogP contribution is 2.24. The third-order valence-electron chi connectivity index (χ3n) is 2.94. The fraction of sp³-hybridized carbons (Fsp3) is 0.286. The van der Waals surface area contributed by atoms with Crippen LogP contribution < -0.4 is 0 Å². The smallest absolute Gasteiger partial charge is 0.311 e. The van der Waals surface area contributed by atoms with Gasteiger partial charge < -0.3 is 5.11 Å². The van der Waals surface area contributed by atoms with Crippen LogP contribution in [0.3, 0.4) is 0 Å². The molecule has 0 spiro atoms. The molecule has 1 aromatic carbocycles. The van der Waals surface area contributed by atoms with Crippen molar-refractivity contribution in [3.05, 3.63) is 51.5 Å². The van der Waals surface area contributed by atoms with Crippen LogP contribution >= 0.6 is 11.3 Å². The number of benzene rings is 1. The molecule has 0 amide bonds. The van der Waals surface area contributed by atoms with Crippen molar-refractivity contribution < 1.29 is 9.90 Å². The minimum Gasteiger partial charge on any atom is -0.481 e. The summed E-state index contributed by atoms with van der Waals surface area (Å²) in [5, 5.41) is 12.3. The molecule has 0 aliphatic rings. The number of aliphatic carboxylic acids is 1. The van der Waals surface area contributed by atoms with Crippen molar-refractivity contribution in [2.45, 2.75) is 26.2 Å². The molecule has 0 bridgehead atoms. The molecule has 2 aromatic rings. The van der Waals surface area contributed by atoms with E-state index >= 15 is 0 Å². The lowest BCUT2D eigenvalue weighted by Crippen LogP contribution is -2.15. The molecule has 2 rings (SSSR count). The largest absolute Gasteiger partial charge is 0.481 e. The molecule has 1 heterocycles. The molecule has 0 aliphatic heterocycles. The first-order valence-corrected chi connectivity index (χ1v) is 6.65. The van der Waals surface area contributed by atoms with Crippen molar-refractivity contribution in [3.8, 4) is 0 Å². The maximum absolute atomic E-state index is 11.4. The molecule has 94 valence electrons. The Morgan fingerprint density at radius 2 is 2.11 bits per heavy atom. The summed E-state index contributed by atoms with van der Waals surface area (Å²) >= 11 is 1.55. The van der Waals surface area contributed by atoms with Gasteiger partial charge in [0.05, 0.1) is 16.6 Å². The first kappa shape index (κ1) is 12.8. The number of hydrogen-bond acceptors (Lipinski definition) is 3. The van der Waals surface area contributed by atoms with Crippen molar-refractivity contribution >= 4 is 17.3 Å². The van der Waals surface area contributed by atoms with Crippen LogP contribution in [0.15, 0.2) is 29.6 Å². The Kier molecular flexibility index (Phi) is 3.77. The number of aryl methyl sites for hydroxylation is 2. The molecule has 1 aromatic heterocycles. The van der Waals surface area contributed by atoms with Crippen LogP contribution in [0.4, 0.5) is 0 Å². The minimum absolute atomic E-state index is 0.449. The third-order valence-corrected chi connectivity index (χ3v) is 3.76. The molecule has 3 nitrogen and oxygen atoms in total. The van der Waals surface area contributed by atoms with Crippen molar-refractivity contribution in [1.29, 1.82) is 0 Å². The lowest BCUT2D eigenvalue weighted by Gasteiger charge is -2.13. The highest BCUT2D eigenvalue weighted by molar-refractivity contribution is 7.09. The molecule has 1 unspecified atom stereocenters. The molecule has 0 saturated heterocycles. The van der Waals surface area contributed by atoms with Gasteiger partial charge in [0, 0.05) is 11.8 Å². The normalized spacial score (nSPS) is 12.3. The first-order valence-electron chi connectivity index (χ1n) is 5.77. The third kappa shape index (κ3) is 2.76. The number of nitrogens with zero attached hydrogens (tertiary/aromatic N) is 1. The van der Waals surface area contributed by atoms with Gasteiger partial charge in [0.2, 0.25) is 0 Å². The van der Waals surface area contributed by atoms with E-state index in [4.69, 9.17) is 0 Å². The number of rotatable bonds is 4. The zero-order valence-corrected chi connectivity index (χ0v) is 11.2. The van der Waals surface area contributed by atoms with E-state index in [1.165, 1.54) is 0 Å². The number of carbonyl (C=O) groups is 1. The molecule has 0 radical (unpaired) electrons. The summed E-state index contributed by atoms with van der Waals surface area (Å²) < 4.78 is 0. The summed E-state index contributed by atoms with van der Waals surface area (Å²) in [7, 11) is 0. The standard InChI is InChI=1S/C14H15NO2S/c1-9-5-3-4-6-12(9)13(14(16)17)7-11-8-18-10(2)15-11/h3-6,8,13H,7H2,1-2H3,(H,16,17). The van der Waals surface area contributed by atoms with E-state index in [-0.39, 0.29) is 0 Å². The highest BCUT2D eigenvalue weighted by Gasteiger charge is 2.22. The molecule has 1 N–H and O–H groups in total. The minimum atomic E-state index is -0.796. The zero-order chi connectivity index (χ0) is 13.1. The van der Waals surface area contributed by atoms with Gasteiger partial charge in [-0.25, -0.2) is 4.98 Å². The summed E-state index contributed by atoms with van der Waals surface area (Å²) in [5.74, 6) is -1.32. The maximum Gasteiger partial charge on any atom is 0.311 e. The lowest BCUT2D eigenvalue weighted by atomic mass is 9.91. The van der Waals surface area contributed by atoms with Gasteiger partial charge >= 0.3 is 5.97 Å². The van der Waals surface area contributed by atoms with E-state index in [1.807, 2.05) is 43.5 Å². The molecular weight excluding hydrogens is 246 g/mol. The van der Waals surface area contributed by atoms with Gasteiger partial charge in [0.15, 0.2) is 0 Å². The SMILES string of the molecule is Cc1nc(CC(C(=O)O)c2ccccc2C)cs1. The Balaban J connectivity index is 2.30. The van der Waals surface area contributed by atoms with Crippen LogP contribution in [0.2, 0.25) is 0 Å². The topological polar surface area (TPSA) is 50.2 Å². The second-order valence-electron chi connectivity index (χ2n) is 4.31. The Hall–Kier alpha value is -1.68. The average Bonchev–Trinajstić information content (AvgIpc) is 2.73. The average molecular weight is 261 g/mol. The number of aromatic nitrogens is 1. The van der Waals surface area contributed by atoms with Crippen LogP contribution in [-0.2, 0) is 11.2 Å². The Morgan fingerprint density at radius 3 is 2.67 bits per heavy atom. The second kappa shape index (κ2) is 5.31. The Bertz CT molecular complexity index is 562. The monoisotopic (exact) mass is 261 g/mol. The van der Waals surface area contributed by atoms with Crippen LogP contribution in [0.5, 0.6) is 0 Å². The van der Waals surface area contributed by atoms with Crippen molar-refractivity contribution in [2.75, 3.05) is 0 Å². The molecule has 0 aliphatic carbocycles. The van der Waals surface area contributed by atoms with E-state index in [9.17, 15) is 9.90 Å². The predicted molar refractivity (Wildman–Crippen MR) is 72.1 cm³/mol. The second-order valence-corrected chi connectivity index (χ2v) is 5.37. The fourth-order valence-electron chi connectivity index (χ4n) is 2.02. The zero-order valence-electron chi connectivity index (χ0n) is 10.4. The molecule has 0 saturated carbocycles. The molecule has 18 heavy (non-hydrogen) atoms. The van der Waals surface area contributed by atoms with Gasteiger partial charge in [-0.3, -0.25) is 4.79 Å². The van der Waals surface area contributed by atoms with Gasteiger partial charge in [-0.1, -0.05) is 24.3 Å². The van der Waals surface area contributed by atoms with E-state index in [1.54, 1.807) is 11.3 Å². The highest BCUT2D eigenvalue weighted by atomic mass is 32.1. The van der Waals surface area contributed by atoms with E-state index in [0.717, 1.165) is 21.8 Å². The van der Waals surface area contributed by atoms with Crippen LogP contribution in [0.1, 0.15) is 27.7 Å². The first-order chi connectivity index (χ1) is 8.58. The summed E-state index contributed by atoms with van der Waals surface area (Å²) in [4.78, 5) is 15.8. The van der Waals surface area contributed by atoms with Gasteiger partial charge in [-0.15, -0.1) is 11.3 Å². The van der Waals surface area contributed by atoms with Crippen LogP contribution in [-0.4, -0.2) is 16.1 Å². The number of hydrogen-bond donors (Lipinski definition) is 1. The Morgan fingerprint density at radius 1 is 1.39 bits per heavy atom. The van der Waals surface area contributed by atoms with Gasteiger partial charge in [-0.05, 0) is 25.0 Å².